The van der Waals surface area contributed by atoms with E-state index in [-0.39, 0.29) is 18.5 Å². The van der Waals surface area contributed by atoms with E-state index in [1.807, 2.05) is 13.3 Å². The first-order chi connectivity index (χ1) is 15.9. The zero-order valence-electron chi connectivity index (χ0n) is 19.1. The van der Waals surface area contributed by atoms with Crippen LogP contribution in [-0.4, -0.2) is 35.5 Å². The van der Waals surface area contributed by atoms with Gasteiger partial charge in [-0.15, -0.1) is 0 Å². The van der Waals surface area contributed by atoms with Crippen molar-refractivity contribution in [3.8, 4) is 0 Å². The Bertz CT molecular complexity index is 1170. The van der Waals surface area contributed by atoms with E-state index in [9.17, 15) is 26.3 Å². The van der Waals surface area contributed by atoms with Crippen molar-refractivity contribution in [1.82, 2.24) is 9.97 Å². The number of hydrogen-bond donors (Lipinski definition) is 2. The van der Waals surface area contributed by atoms with Gasteiger partial charge < -0.3 is 10.6 Å². The second-order valence-corrected chi connectivity index (χ2v) is 10.3. The Balaban J connectivity index is 2.03. The molecule has 0 saturated heterocycles. The molecule has 4 nitrogen and oxygen atoms in total. The highest BCUT2D eigenvalue weighted by molar-refractivity contribution is 7.64. The third kappa shape index (κ3) is 5.71. The number of nitrogens with zero attached hydrogens (tertiary/aromatic N) is 2. The summed E-state index contributed by atoms with van der Waals surface area (Å²) < 4.78 is 80.6. The minimum Gasteiger partial charge on any atom is -0.373 e. The van der Waals surface area contributed by atoms with E-state index in [2.05, 4.69) is 20.6 Å². The van der Waals surface area contributed by atoms with E-state index in [0.29, 0.717) is 33.5 Å². The fourth-order valence-corrected chi connectivity index (χ4v) is 4.59. The molecule has 2 aromatic carbocycles. The molecule has 1 unspecified atom stereocenters. The van der Waals surface area contributed by atoms with Gasteiger partial charge in [0.1, 0.15) is 23.5 Å². The van der Waals surface area contributed by atoms with E-state index < -0.39 is 37.9 Å². The molecule has 0 amide bonds. The van der Waals surface area contributed by atoms with Crippen LogP contribution in [0.4, 0.5) is 37.8 Å². The van der Waals surface area contributed by atoms with Crippen LogP contribution in [0, 0.1) is 12.7 Å². The highest BCUT2D eigenvalue weighted by Gasteiger charge is 2.38. The van der Waals surface area contributed by atoms with Gasteiger partial charge in [0.05, 0.1) is 11.1 Å². The first-order valence-electron chi connectivity index (χ1n) is 10.5. The van der Waals surface area contributed by atoms with Gasteiger partial charge in [-0.2, -0.15) is 13.2 Å². The molecule has 0 radical (unpaired) electrons. The second kappa shape index (κ2) is 10.3. The smallest absolute Gasteiger partial charge is 0.373 e. The van der Waals surface area contributed by atoms with Crippen LogP contribution in [0.5, 0.6) is 0 Å². The maximum atomic E-state index is 14.4. The molecular formula is C23H25F6N4P. The number of halogens is 6. The molecule has 1 heterocycles. The molecule has 3 rings (SSSR count). The molecule has 0 aliphatic rings. The number of aromatic nitrogens is 2. The van der Waals surface area contributed by atoms with Gasteiger partial charge in [0, 0.05) is 23.2 Å². The topological polar surface area (TPSA) is 49.8 Å². The van der Waals surface area contributed by atoms with Crippen molar-refractivity contribution in [2.75, 3.05) is 24.0 Å². The first kappa shape index (κ1) is 26.0. The summed E-state index contributed by atoms with van der Waals surface area (Å²) in [4.78, 5) is 8.73. The van der Waals surface area contributed by atoms with Crippen molar-refractivity contribution in [2.24, 2.45) is 0 Å². The lowest BCUT2D eigenvalue weighted by atomic mass is 10.1. The van der Waals surface area contributed by atoms with Gasteiger partial charge in [-0.05, 0) is 44.1 Å². The molecule has 0 bridgehead atoms. The molecule has 0 fully saturated rings. The number of benzene rings is 2. The Kier molecular flexibility index (Phi) is 7.91. The predicted octanol–water partition coefficient (Wildman–Crippen LogP) is 6.75. The molecule has 1 aromatic heterocycles. The number of rotatable bonds is 8. The number of hydrogen-bond acceptors (Lipinski definition) is 4. The highest BCUT2D eigenvalue weighted by Crippen LogP contribution is 2.35. The van der Waals surface area contributed by atoms with Crippen LogP contribution in [0.1, 0.15) is 36.7 Å². The normalized spacial score (nSPS) is 13.1. The number of aryl methyl sites for hydroxylation is 1. The molecule has 1 atom stereocenters. The standard InChI is InChI=1S/C23H25F6N4P/c1-5-19(23(27,28)29)33-17-10-16-15(9-18(17)34(3)4)22(32-12(2)31-16)30-11-13-7-6-8-14(20(13)24)21(25)26/h6-10,19,21,33H,5,11H2,1-4H3,(H,30,31,32). The SMILES string of the molecule is CCC(Nc1cc2nc(C)nc(NCc3cccc(C(F)F)c3F)c2cc1P(C)C)C(F)(F)F. The number of anilines is 2. The molecule has 34 heavy (non-hydrogen) atoms. The van der Waals surface area contributed by atoms with E-state index >= 15 is 0 Å². The van der Waals surface area contributed by atoms with Crippen LogP contribution in [0.2, 0.25) is 0 Å². The Morgan fingerprint density at radius 1 is 1.09 bits per heavy atom. The van der Waals surface area contributed by atoms with Crippen molar-refractivity contribution in [3.05, 3.63) is 53.1 Å². The molecule has 0 aliphatic carbocycles. The monoisotopic (exact) mass is 502 g/mol. The molecule has 2 N–H and O–H groups in total. The summed E-state index contributed by atoms with van der Waals surface area (Å²) in [5, 5.41) is 6.86. The van der Waals surface area contributed by atoms with E-state index in [4.69, 9.17) is 0 Å². The summed E-state index contributed by atoms with van der Waals surface area (Å²) in [6.45, 7) is 6.82. The fraction of sp³-hybridized carbons (Fsp3) is 0.391. The van der Waals surface area contributed by atoms with E-state index in [1.54, 1.807) is 19.1 Å². The minimum absolute atomic E-state index is 0.0462. The summed E-state index contributed by atoms with van der Waals surface area (Å²) in [5.74, 6) is -0.291. The van der Waals surface area contributed by atoms with Gasteiger partial charge in [-0.1, -0.05) is 33.0 Å². The Morgan fingerprint density at radius 3 is 2.38 bits per heavy atom. The number of alkyl halides is 5. The first-order valence-corrected chi connectivity index (χ1v) is 12.8. The average Bonchev–Trinajstić information content (AvgIpc) is 2.74. The lowest BCUT2D eigenvalue weighted by Gasteiger charge is -2.24. The summed E-state index contributed by atoms with van der Waals surface area (Å²) >= 11 is 0. The van der Waals surface area contributed by atoms with Gasteiger partial charge in [-0.25, -0.2) is 23.1 Å². The van der Waals surface area contributed by atoms with Gasteiger partial charge in [0.15, 0.2) is 0 Å². The lowest BCUT2D eigenvalue weighted by molar-refractivity contribution is -0.142. The molecule has 3 aromatic rings. The highest BCUT2D eigenvalue weighted by atomic mass is 31.1. The maximum absolute atomic E-state index is 14.4. The summed E-state index contributed by atoms with van der Waals surface area (Å²) in [6, 6.07) is 5.39. The van der Waals surface area contributed by atoms with Crippen LogP contribution < -0.4 is 15.9 Å². The summed E-state index contributed by atoms with van der Waals surface area (Å²) in [5.41, 5.74) is 0.133. The zero-order chi connectivity index (χ0) is 25.2. The van der Waals surface area contributed by atoms with Crippen LogP contribution >= 0.6 is 7.92 Å². The van der Waals surface area contributed by atoms with Crippen LogP contribution in [0.15, 0.2) is 30.3 Å². The van der Waals surface area contributed by atoms with Crippen molar-refractivity contribution in [2.45, 2.75) is 45.5 Å². The largest absolute Gasteiger partial charge is 0.408 e. The average molecular weight is 502 g/mol. The Labute approximate surface area is 194 Å². The quantitative estimate of drug-likeness (QED) is 0.264. The molecule has 0 saturated carbocycles. The van der Waals surface area contributed by atoms with Crippen molar-refractivity contribution in [3.63, 3.8) is 0 Å². The number of nitrogens with one attached hydrogen (secondary N) is 2. The van der Waals surface area contributed by atoms with Gasteiger partial charge in [-0.3, -0.25) is 0 Å². The van der Waals surface area contributed by atoms with Crippen LogP contribution in [0.25, 0.3) is 10.9 Å². The van der Waals surface area contributed by atoms with Gasteiger partial charge >= 0.3 is 6.18 Å². The molecular weight excluding hydrogens is 477 g/mol. The Hall–Kier alpha value is -2.61. The molecule has 0 spiro atoms. The third-order valence-corrected chi connectivity index (χ3v) is 6.66. The van der Waals surface area contributed by atoms with Gasteiger partial charge in [0.2, 0.25) is 0 Å². The van der Waals surface area contributed by atoms with Crippen molar-refractivity contribution in [1.29, 1.82) is 0 Å². The lowest BCUT2D eigenvalue weighted by Crippen LogP contribution is -2.36. The minimum atomic E-state index is -4.41. The number of fused-ring (bicyclic) bond motifs is 1. The second-order valence-electron chi connectivity index (χ2n) is 8.02. The predicted molar refractivity (Wildman–Crippen MR) is 125 cm³/mol. The van der Waals surface area contributed by atoms with E-state index in [0.717, 1.165) is 6.07 Å². The van der Waals surface area contributed by atoms with Crippen molar-refractivity contribution < 1.29 is 26.3 Å². The van der Waals surface area contributed by atoms with Crippen LogP contribution in [-0.2, 0) is 6.54 Å². The van der Waals surface area contributed by atoms with E-state index in [1.165, 1.54) is 19.1 Å². The van der Waals surface area contributed by atoms with Crippen LogP contribution in [0.3, 0.4) is 0 Å². The molecule has 11 heteroatoms. The van der Waals surface area contributed by atoms with Crippen molar-refractivity contribution >= 4 is 35.6 Å². The fourth-order valence-electron chi connectivity index (χ4n) is 3.59. The molecule has 184 valence electrons. The Morgan fingerprint density at radius 2 is 1.79 bits per heavy atom. The summed E-state index contributed by atoms with van der Waals surface area (Å²) in [7, 11) is -0.808. The molecule has 0 aliphatic heterocycles. The maximum Gasteiger partial charge on any atom is 0.408 e. The zero-order valence-corrected chi connectivity index (χ0v) is 20.0. The summed E-state index contributed by atoms with van der Waals surface area (Å²) in [6.07, 6.45) is -7.48. The van der Waals surface area contributed by atoms with Gasteiger partial charge in [0.25, 0.3) is 6.43 Å². The third-order valence-electron chi connectivity index (χ3n) is 5.33.